The van der Waals surface area contributed by atoms with Crippen LogP contribution in [0.15, 0.2) is 53.7 Å². The summed E-state index contributed by atoms with van der Waals surface area (Å²) in [5.74, 6) is -2.32. The fourth-order valence-corrected chi connectivity index (χ4v) is 6.00. The number of sulfone groups is 1. The molecule has 3 heterocycles. The van der Waals surface area contributed by atoms with Gasteiger partial charge in [-0.05, 0) is 42.7 Å². The van der Waals surface area contributed by atoms with E-state index >= 15 is 0 Å². The van der Waals surface area contributed by atoms with Crippen LogP contribution in [-0.2, 0) is 16.4 Å². The van der Waals surface area contributed by atoms with Crippen molar-refractivity contribution < 1.29 is 27.2 Å². The number of nitrogens with zero attached hydrogens (tertiary/aromatic N) is 4. The van der Waals surface area contributed by atoms with Crippen molar-refractivity contribution >= 4 is 33.2 Å². The van der Waals surface area contributed by atoms with Crippen LogP contribution in [0.3, 0.4) is 0 Å². The van der Waals surface area contributed by atoms with Crippen LogP contribution >= 0.6 is 0 Å². The van der Waals surface area contributed by atoms with Crippen molar-refractivity contribution in [2.24, 2.45) is 0 Å². The Bertz CT molecular complexity index is 1750. The van der Waals surface area contributed by atoms with Gasteiger partial charge in [-0.2, -0.15) is 14.6 Å². The summed E-state index contributed by atoms with van der Waals surface area (Å²) in [6.45, 7) is 3.05. The van der Waals surface area contributed by atoms with Gasteiger partial charge in [0.25, 0.3) is 17.6 Å². The molecule has 0 spiro atoms. The Labute approximate surface area is 216 Å². The van der Waals surface area contributed by atoms with Gasteiger partial charge in [0, 0.05) is 18.2 Å². The number of benzene rings is 2. The minimum absolute atomic E-state index is 0.00720. The van der Waals surface area contributed by atoms with Crippen molar-refractivity contribution in [2.45, 2.75) is 31.3 Å². The highest BCUT2D eigenvalue weighted by molar-refractivity contribution is 7.91. The van der Waals surface area contributed by atoms with Crippen LogP contribution in [0.5, 0.6) is 0 Å². The zero-order valence-corrected chi connectivity index (χ0v) is 21.0. The van der Waals surface area contributed by atoms with Crippen LogP contribution in [0.2, 0.25) is 0 Å². The topological polar surface area (TPSA) is 152 Å². The molecule has 38 heavy (non-hydrogen) atoms. The van der Waals surface area contributed by atoms with E-state index < -0.39 is 27.7 Å². The predicted molar refractivity (Wildman–Crippen MR) is 132 cm³/mol. The Morgan fingerprint density at radius 2 is 1.89 bits per heavy atom. The lowest BCUT2D eigenvalue weighted by Crippen LogP contribution is -2.32. The SMILES string of the molecule is CC(=O)c1ccc2c(c1)S(=O)(=O)CC2NC(=O)c1cc(C(=O)NCc2ccc(F)c(C)c2)nc2ncnn12. The zero-order chi connectivity index (χ0) is 27.2. The van der Waals surface area contributed by atoms with Crippen LogP contribution in [-0.4, -0.2) is 51.4 Å². The molecule has 2 N–H and O–H groups in total. The molecule has 1 atom stereocenters. The molecular formula is C25H21FN6O5S. The quantitative estimate of drug-likeness (QED) is 0.355. The van der Waals surface area contributed by atoms with Crippen molar-refractivity contribution in [3.05, 3.63) is 88.3 Å². The summed E-state index contributed by atoms with van der Waals surface area (Å²) in [6, 6.07) is 9.14. The van der Waals surface area contributed by atoms with Gasteiger partial charge in [0.1, 0.15) is 23.5 Å². The highest BCUT2D eigenvalue weighted by Gasteiger charge is 2.36. The summed E-state index contributed by atoms with van der Waals surface area (Å²) >= 11 is 0. The third-order valence-corrected chi connectivity index (χ3v) is 8.01. The van der Waals surface area contributed by atoms with Crippen LogP contribution in [0.4, 0.5) is 4.39 Å². The summed E-state index contributed by atoms with van der Waals surface area (Å²) in [4.78, 5) is 46.0. The first kappa shape index (κ1) is 25.1. The van der Waals surface area contributed by atoms with Gasteiger partial charge in [0.05, 0.1) is 16.7 Å². The van der Waals surface area contributed by atoms with E-state index in [0.29, 0.717) is 16.7 Å². The number of ketones is 1. The molecule has 2 aromatic carbocycles. The average molecular weight is 537 g/mol. The van der Waals surface area contributed by atoms with Gasteiger partial charge >= 0.3 is 0 Å². The normalized spacial score (nSPS) is 15.7. The standard InChI is InChI=1S/C25H21FN6O5S/c1-13-7-15(3-6-18(13)26)10-27-23(34)19-9-21(32-25(31-19)28-12-29-32)24(35)30-20-11-38(36,37)22-8-16(14(2)33)4-5-17(20)22/h3-9,12,20H,10-11H2,1-2H3,(H,27,34)(H,30,35). The number of amides is 2. The van der Waals surface area contributed by atoms with Crippen molar-refractivity contribution in [2.75, 3.05) is 5.75 Å². The Morgan fingerprint density at radius 3 is 2.63 bits per heavy atom. The minimum atomic E-state index is -3.73. The number of carbonyl (C=O) groups excluding carboxylic acids is 3. The average Bonchev–Trinajstić information content (AvgIpc) is 3.45. The molecule has 0 aliphatic carbocycles. The second-order valence-corrected chi connectivity index (χ2v) is 10.9. The van der Waals surface area contributed by atoms with Crippen molar-refractivity contribution in [3.63, 3.8) is 0 Å². The molecule has 5 rings (SSSR count). The molecule has 0 saturated heterocycles. The Kier molecular flexibility index (Phi) is 6.23. The fourth-order valence-electron chi connectivity index (χ4n) is 4.24. The van der Waals surface area contributed by atoms with Crippen LogP contribution < -0.4 is 10.6 Å². The van der Waals surface area contributed by atoms with E-state index in [4.69, 9.17) is 0 Å². The zero-order valence-electron chi connectivity index (χ0n) is 20.2. The van der Waals surface area contributed by atoms with E-state index in [9.17, 15) is 27.2 Å². The molecule has 4 aromatic rings. The van der Waals surface area contributed by atoms with Crippen LogP contribution in [0.1, 0.15) is 61.0 Å². The van der Waals surface area contributed by atoms with Gasteiger partial charge in [-0.3, -0.25) is 14.4 Å². The number of carbonyl (C=O) groups is 3. The highest BCUT2D eigenvalue weighted by atomic mass is 32.2. The maximum absolute atomic E-state index is 13.5. The van der Waals surface area contributed by atoms with Gasteiger partial charge in [0.2, 0.25) is 0 Å². The molecule has 0 fully saturated rings. The summed E-state index contributed by atoms with van der Waals surface area (Å²) in [5.41, 5.74) is 1.53. The molecule has 2 amide bonds. The van der Waals surface area contributed by atoms with E-state index in [1.807, 2.05) is 0 Å². The second kappa shape index (κ2) is 9.41. The number of Topliss-reactive ketones (excluding diaryl/α,β-unsaturated/α-hetero) is 1. The van der Waals surface area contributed by atoms with Gasteiger partial charge in [-0.1, -0.05) is 24.3 Å². The molecule has 11 nitrogen and oxygen atoms in total. The van der Waals surface area contributed by atoms with E-state index in [1.54, 1.807) is 19.1 Å². The van der Waals surface area contributed by atoms with Gasteiger partial charge < -0.3 is 10.6 Å². The monoisotopic (exact) mass is 536 g/mol. The summed E-state index contributed by atoms with van der Waals surface area (Å²) in [5, 5.41) is 9.35. The Morgan fingerprint density at radius 1 is 1.11 bits per heavy atom. The fraction of sp³-hybridized carbons (Fsp3) is 0.200. The molecule has 0 bridgehead atoms. The predicted octanol–water partition coefficient (Wildman–Crippen LogP) is 1.96. The lowest BCUT2D eigenvalue weighted by atomic mass is 10.0. The number of nitrogens with one attached hydrogen (secondary N) is 2. The molecule has 0 saturated carbocycles. The van der Waals surface area contributed by atoms with Gasteiger partial charge in [-0.25, -0.2) is 17.8 Å². The number of fused-ring (bicyclic) bond motifs is 2. The van der Waals surface area contributed by atoms with Gasteiger partial charge in [0.15, 0.2) is 15.6 Å². The lowest BCUT2D eigenvalue weighted by Gasteiger charge is -2.14. The molecule has 1 aliphatic heterocycles. The first-order valence-corrected chi connectivity index (χ1v) is 13.1. The highest BCUT2D eigenvalue weighted by Crippen LogP contribution is 2.34. The lowest BCUT2D eigenvalue weighted by molar-refractivity contribution is 0.0931. The molecule has 194 valence electrons. The van der Waals surface area contributed by atoms with Crippen LogP contribution in [0, 0.1) is 12.7 Å². The number of hydrogen-bond acceptors (Lipinski definition) is 8. The molecular weight excluding hydrogens is 515 g/mol. The third-order valence-electron chi connectivity index (χ3n) is 6.21. The largest absolute Gasteiger partial charge is 0.347 e. The minimum Gasteiger partial charge on any atom is -0.347 e. The molecule has 1 unspecified atom stereocenters. The number of hydrogen-bond donors (Lipinski definition) is 2. The second-order valence-electron chi connectivity index (χ2n) is 8.88. The molecule has 2 aromatic heterocycles. The van der Waals surface area contributed by atoms with E-state index in [1.165, 1.54) is 43.6 Å². The van der Waals surface area contributed by atoms with Gasteiger partial charge in [-0.15, -0.1) is 0 Å². The van der Waals surface area contributed by atoms with Crippen molar-refractivity contribution in [1.29, 1.82) is 0 Å². The van der Waals surface area contributed by atoms with E-state index in [2.05, 4.69) is 25.7 Å². The van der Waals surface area contributed by atoms with E-state index in [0.717, 1.165) is 4.52 Å². The maximum Gasteiger partial charge on any atom is 0.270 e. The summed E-state index contributed by atoms with van der Waals surface area (Å²) in [6.07, 6.45) is 1.17. The number of aromatic nitrogens is 4. The molecule has 1 aliphatic rings. The molecule has 0 radical (unpaired) electrons. The Balaban J connectivity index is 1.40. The summed E-state index contributed by atoms with van der Waals surface area (Å²) in [7, 11) is -3.73. The third kappa shape index (κ3) is 4.63. The smallest absolute Gasteiger partial charge is 0.270 e. The first-order valence-electron chi connectivity index (χ1n) is 11.5. The number of halogens is 1. The van der Waals surface area contributed by atoms with Crippen molar-refractivity contribution in [3.8, 4) is 0 Å². The number of aryl methyl sites for hydroxylation is 1. The Hall–Kier alpha value is -4.52. The summed E-state index contributed by atoms with van der Waals surface area (Å²) < 4.78 is 40.1. The van der Waals surface area contributed by atoms with Crippen molar-refractivity contribution in [1.82, 2.24) is 30.2 Å². The van der Waals surface area contributed by atoms with Crippen LogP contribution in [0.25, 0.3) is 5.78 Å². The molecule has 13 heteroatoms. The van der Waals surface area contributed by atoms with E-state index in [-0.39, 0.29) is 51.5 Å². The number of rotatable bonds is 6. The first-order chi connectivity index (χ1) is 18.0. The maximum atomic E-state index is 13.5.